The number of ether oxygens (including phenoxy) is 2. The van der Waals surface area contributed by atoms with E-state index in [1.165, 1.54) is 5.56 Å². The summed E-state index contributed by atoms with van der Waals surface area (Å²) in [4.78, 5) is 6.82. The van der Waals surface area contributed by atoms with Gasteiger partial charge in [0.25, 0.3) is 0 Å². The van der Waals surface area contributed by atoms with E-state index in [9.17, 15) is 0 Å². The number of nitrogens with zero attached hydrogens (tertiary/aromatic N) is 4. The molecule has 2 aromatic rings. The summed E-state index contributed by atoms with van der Waals surface area (Å²) in [5, 5.41) is 4.29. The molecule has 0 bridgehead atoms. The monoisotopic (exact) mass is 342 g/mol. The van der Waals surface area contributed by atoms with E-state index in [1.54, 1.807) is 6.20 Å². The number of pyridine rings is 1. The average molecular weight is 342 g/mol. The van der Waals surface area contributed by atoms with Crippen LogP contribution in [0.1, 0.15) is 24.8 Å². The lowest BCUT2D eigenvalue weighted by atomic mass is 9.73. The molecule has 0 saturated carbocycles. The van der Waals surface area contributed by atoms with Gasteiger partial charge >= 0.3 is 0 Å². The molecule has 6 heteroatoms. The van der Waals surface area contributed by atoms with Gasteiger partial charge in [-0.25, -0.2) is 4.98 Å². The van der Waals surface area contributed by atoms with E-state index in [0.29, 0.717) is 12.5 Å². The fourth-order valence-corrected chi connectivity index (χ4v) is 4.19. The predicted octanol–water partition coefficient (Wildman–Crippen LogP) is 2.27. The third-order valence-electron chi connectivity index (χ3n) is 5.38. The number of piperidine rings is 1. The molecule has 0 radical (unpaired) electrons. The number of fused-ring (bicyclic) bond motifs is 1. The molecule has 2 aliphatic heterocycles. The van der Waals surface area contributed by atoms with Gasteiger partial charge in [-0.1, -0.05) is 6.07 Å². The van der Waals surface area contributed by atoms with Crippen LogP contribution in [0.15, 0.2) is 36.8 Å². The Morgan fingerprint density at radius 1 is 1.40 bits per heavy atom. The lowest BCUT2D eigenvalue weighted by molar-refractivity contribution is -0.141. The molecule has 0 spiro atoms. The highest BCUT2D eigenvalue weighted by Crippen LogP contribution is 2.40. The first kappa shape index (κ1) is 16.5. The van der Waals surface area contributed by atoms with Gasteiger partial charge in [-0.05, 0) is 25.3 Å². The number of rotatable bonds is 5. The number of likely N-dealkylation sites (tertiary alicyclic amines) is 1. The van der Waals surface area contributed by atoms with Crippen LogP contribution in [0.2, 0.25) is 0 Å². The fourth-order valence-electron chi connectivity index (χ4n) is 4.19. The Morgan fingerprint density at radius 2 is 2.36 bits per heavy atom. The van der Waals surface area contributed by atoms with Gasteiger partial charge in [0, 0.05) is 62.7 Å². The Balaban J connectivity index is 1.46. The van der Waals surface area contributed by atoms with Crippen molar-refractivity contribution in [2.75, 3.05) is 26.3 Å². The molecule has 0 unspecified atom stereocenters. The van der Waals surface area contributed by atoms with E-state index in [1.807, 2.05) is 36.1 Å². The van der Waals surface area contributed by atoms with Crippen LogP contribution in [-0.4, -0.2) is 52.1 Å². The van der Waals surface area contributed by atoms with Gasteiger partial charge in [-0.15, -0.1) is 0 Å². The van der Waals surface area contributed by atoms with E-state index >= 15 is 0 Å². The zero-order chi connectivity index (χ0) is 17.1. The normalized spacial score (nSPS) is 27.0. The van der Waals surface area contributed by atoms with Crippen molar-refractivity contribution in [3.05, 3.63) is 42.4 Å². The molecule has 0 amide bonds. The van der Waals surface area contributed by atoms with Crippen LogP contribution in [-0.2, 0) is 18.3 Å². The SMILES string of the molecule is Cn1cc(CN2CC[C@H]3OCCC[C@@]3(COc3ccccn3)C2)cn1. The maximum atomic E-state index is 6.13. The minimum Gasteiger partial charge on any atom is -0.477 e. The Kier molecular flexibility index (Phi) is 4.72. The van der Waals surface area contributed by atoms with Crippen molar-refractivity contribution < 1.29 is 9.47 Å². The minimum absolute atomic E-state index is 0.0518. The van der Waals surface area contributed by atoms with E-state index in [-0.39, 0.29) is 11.5 Å². The van der Waals surface area contributed by atoms with Crippen molar-refractivity contribution in [3.63, 3.8) is 0 Å². The molecule has 4 heterocycles. The van der Waals surface area contributed by atoms with Crippen molar-refractivity contribution in [2.24, 2.45) is 12.5 Å². The van der Waals surface area contributed by atoms with Crippen LogP contribution < -0.4 is 4.74 Å². The number of hydrogen-bond acceptors (Lipinski definition) is 5. The van der Waals surface area contributed by atoms with E-state index < -0.39 is 0 Å². The zero-order valence-electron chi connectivity index (χ0n) is 14.8. The summed E-state index contributed by atoms with van der Waals surface area (Å²) in [5.41, 5.74) is 1.31. The van der Waals surface area contributed by atoms with Crippen molar-refractivity contribution in [1.82, 2.24) is 19.7 Å². The quantitative estimate of drug-likeness (QED) is 0.834. The molecule has 2 atom stereocenters. The van der Waals surface area contributed by atoms with Gasteiger partial charge in [-0.2, -0.15) is 5.10 Å². The molecule has 0 N–H and O–H groups in total. The number of aromatic nitrogens is 3. The molecule has 0 aromatic carbocycles. The van der Waals surface area contributed by atoms with Gasteiger partial charge in [0.2, 0.25) is 5.88 Å². The highest BCUT2D eigenvalue weighted by atomic mass is 16.5. The molecule has 2 fully saturated rings. The first-order chi connectivity index (χ1) is 12.2. The molecular weight excluding hydrogens is 316 g/mol. The topological polar surface area (TPSA) is 52.4 Å². The first-order valence-electron chi connectivity index (χ1n) is 9.09. The smallest absolute Gasteiger partial charge is 0.213 e. The highest BCUT2D eigenvalue weighted by molar-refractivity contribution is 5.10. The summed E-state index contributed by atoms with van der Waals surface area (Å²) in [6.07, 6.45) is 9.43. The third-order valence-corrected chi connectivity index (χ3v) is 5.38. The summed E-state index contributed by atoms with van der Waals surface area (Å²) >= 11 is 0. The molecule has 2 aliphatic rings. The molecular formula is C19H26N4O2. The first-order valence-corrected chi connectivity index (χ1v) is 9.09. The van der Waals surface area contributed by atoms with Gasteiger partial charge in [-0.3, -0.25) is 9.58 Å². The van der Waals surface area contributed by atoms with Gasteiger partial charge < -0.3 is 9.47 Å². The fraction of sp³-hybridized carbons (Fsp3) is 0.579. The second-order valence-corrected chi connectivity index (χ2v) is 7.30. The maximum absolute atomic E-state index is 6.13. The van der Waals surface area contributed by atoms with E-state index in [2.05, 4.69) is 21.2 Å². The van der Waals surface area contributed by atoms with Gasteiger partial charge in [0.05, 0.1) is 18.9 Å². The Morgan fingerprint density at radius 3 is 3.16 bits per heavy atom. The molecule has 2 aromatic heterocycles. The van der Waals surface area contributed by atoms with Crippen LogP contribution >= 0.6 is 0 Å². The van der Waals surface area contributed by atoms with Crippen molar-refractivity contribution in [3.8, 4) is 5.88 Å². The second kappa shape index (κ2) is 7.14. The summed E-state index contributed by atoms with van der Waals surface area (Å²) in [6, 6.07) is 5.80. The largest absolute Gasteiger partial charge is 0.477 e. The molecule has 134 valence electrons. The number of hydrogen-bond donors (Lipinski definition) is 0. The van der Waals surface area contributed by atoms with Crippen LogP contribution in [0, 0.1) is 5.41 Å². The standard InChI is InChI=1S/C19H26N4O2/c1-22-12-16(11-21-22)13-23-9-6-17-19(14-23,7-4-10-24-17)15-25-18-5-2-3-8-20-18/h2-3,5,8,11-12,17H,4,6-7,9-10,13-15H2,1H3/t17-,19+/m1/s1. The molecule has 2 saturated heterocycles. The Labute approximate surface area is 148 Å². The van der Waals surface area contributed by atoms with Crippen LogP contribution in [0.25, 0.3) is 0 Å². The summed E-state index contributed by atoms with van der Waals surface area (Å²) in [6.45, 7) is 4.53. The van der Waals surface area contributed by atoms with Crippen LogP contribution in [0.5, 0.6) is 5.88 Å². The van der Waals surface area contributed by atoms with E-state index in [4.69, 9.17) is 9.47 Å². The molecule has 6 nitrogen and oxygen atoms in total. The lowest BCUT2D eigenvalue weighted by Crippen LogP contribution is -2.57. The lowest BCUT2D eigenvalue weighted by Gasteiger charge is -2.50. The summed E-state index contributed by atoms with van der Waals surface area (Å²) in [5.74, 6) is 0.700. The average Bonchev–Trinajstić information content (AvgIpc) is 3.05. The molecule has 25 heavy (non-hydrogen) atoms. The van der Waals surface area contributed by atoms with E-state index in [0.717, 1.165) is 45.5 Å². The Hall–Kier alpha value is -1.92. The van der Waals surface area contributed by atoms with Crippen LogP contribution in [0.3, 0.4) is 0 Å². The number of aryl methyl sites for hydroxylation is 1. The highest BCUT2D eigenvalue weighted by Gasteiger charge is 2.46. The van der Waals surface area contributed by atoms with Gasteiger partial charge in [0.1, 0.15) is 0 Å². The molecule has 0 aliphatic carbocycles. The summed E-state index contributed by atoms with van der Waals surface area (Å²) < 4.78 is 14.1. The minimum atomic E-state index is 0.0518. The summed E-state index contributed by atoms with van der Waals surface area (Å²) in [7, 11) is 1.97. The van der Waals surface area contributed by atoms with Crippen LogP contribution in [0.4, 0.5) is 0 Å². The van der Waals surface area contributed by atoms with Crippen molar-refractivity contribution in [1.29, 1.82) is 0 Å². The van der Waals surface area contributed by atoms with Crippen molar-refractivity contribution in [2.45, 2.75) is 31.9 Å². The maximum Gasteiger partial charge on any atom is 0.213 e. The zero-order valence-corrected chi connectivity index (χ0v) is 14.8. The second-order valence-electron chi connectivity index (χ2n) is 7.30. The molecule has 4 rings (SSSR count). The van der Waals surface area contributed by atoms with Crippen molar-refractivity contribution >= 4 is 0 Å². The Bertz CT molecular complexity index is 690. The van der Waals surface area contributed by atoms with Gasteiger partial charge in [0.15, 0.2) is 0 Å². The third kappa shape index (κ3) is 3.70. The predicted molar refractivity (Wildman–Crippen MR) is 94.2 cm³/mol.